The summed E-state index contributed by atoms with van der Waals surface area (Å²) in [7, 11) is 1.44. The molecule has 2 nitrogen and oxygen atoms in total. The molecule has 1 radical (unpaired) electrons. The average molecular weight is 117 g/mol. The minimum absolute atomic E-state index is 0.442. The molecule has 0 saturated heterocycles. The van der Waals surface area contributed by atoms with Gasteiger partial charge < -0.3 is 4.74 Å². The summed E-state index contributed by atoms with van der Waals surface area (Å²) in [5, 5.41) is 10.5. The maximum atomic E-state index is 10.5. The zero-order valence-corrected chi connectivity index (χ0v) is 5.68. The molecule has 0 aromatic carbocycles. The highest BCUT2D eigenvalue weighted by molar-refractivity contribution is 4.45. The lowest BCUT2D eigenvalue weighted by atomic mass is 10.1. The summed E-state index contributed by atoms with van der Waals surface area (Å²) in [6.07, 6.45) is -0.216. The van der Waals surface area contributed by atoms with Crippen LogP contribution in [-0.2, 0) is 9.84 Å². The minimum atomic E-state index is -0.824. The molecule has 0 spiro atoms. The molecule has 1 unspecified atom stereocenters. The van der Waals surface area contributed by atoms with Crippen molar-refractivity contribution in [1.29, 1.82) is 0 Å². The van der Waals surface area contributed by atoms with E-state index in [0.29, 0.717) is 12.3 Å². The first kappa shape index (κ1) is 7.92. The van der Waals surface area contributed by atoms with Crippen molar-refractivity contribution in [3.63, 3.8) is 0 Å². The van der Waals surface area contributed by atoms with Gasteiger partial charge >= 0.3 is 0 Å². The van der Waals surface area contributed by atoms with Gasteiger partial charge in [-0.25, -0.2) is 5.11 Å². The van der Waals surface area contributed by atoms with E-state index in [1.54, 1.807) is 0 Å². The molecule has 0 heterocycles. The maximum absolute atomic E-state index is 10.5. The molecule has 0 aliphatic carbocycles. The van der Waals surface area contributed by atoms with Crippen molar-refractivity contribution in [3.05, 3.63) is 0 Å². The Balaban J connectivity index is 3.10. The Hall–Kier alpha value is -0.0800. The van der Waals surface area contributed by atoms with E-state index in [9.17, 15) is 5.11 Å². The van der Waals surface area contributed by atoms with Crippen LogP contribution in [0.3, 0.4) is 0 Å². The molecule has 49 valence electrons. The van der Waals surface area contributed by atoms with E-state index in [2.05, 4.69) is 4.74 Å². The average Bonchev–Trinajstić information content (AvgIpc) is 1.65. The van der Waals surface area contributed by atoms with Gasteiger partial charge in [0, 0.05) is 13.5 Å². The van der Waals surface area contributed by atoms with Gasteiger partial charge in [-0.05, 0) is 5.92 Å². The Morgan fingerprint density at radius 3 is 2.12 bits per heavy atom. The SMILES string of the molecule is COC([O])CC(C)C. The molecule has 0 fully saturated rings. The van der Waals surface area contributed by atoms with Gasteiger partial charge in [0.25, 0.3) is 0 Å². The molecule has 0 aromatic heterocycles. The van der Waals surface area contributed by atoms with Crippen molar-refractivity contribution in [1.82, 2.24) is 0 Å². The first-order chi connectivity index (χ1) is 3.66. The number of hydrogen-bond acceptors (Lipinski definition) is 1. The third-order valence-electron chi connectivity index (χ3n) is 0.927. The Morgan fingerprint density at radius 2 is 2.00 bits per heavy atom. The summed E-state index contributed by atoms with van der Waals surface area (Å²) in [5.74, 6) is 0.442. The molecule has 2 heteroatoms. The molecule has 0 amide bonds. The van der Waals surface area contributed by atoms with E-state index in [-0.39, 0.29) is 0 Å². The van der Waals surface area contributed by atoms with Gasteiger partial charge in [-0.2, -0.15) is 0 Å². The topological polar surface area (TPSA) is 29.1 Å². The standard InChI is InChI=1S/C6H13O2/c1-5(2)4-6(7)8-3/h5-6H,4H2,1-3H3. The molecule has 0 aromatic rings. The fraction of sp³-hybridized carbons (Fsp3) is 1.00. The summed E-state index contributed by atoms with van der Waals surface area (Å²) in [5.41, 5.74) is 0. The molecule has 0 bridgehead atoms. The molecule has 0 saturated carbocycles. The van der Waals surface area contributed by atoms with Crippen molar-refractivity contribution >= 4 is 0 Å². The van der Waals surface area contributed by atoms with Gasteiger partial charge in [0.2, 0.25) is 0 Å². The number of ether oxygens (including phenoxy) is 1. The fourth-order valence-electron chi connectivity index (χ4n) is 0.481. The van der Waals surface area contributed by atoms with Gasteiger partial charge in [0.15, 0.2) is 6.29 Å². The zero-order chi connectivity index (χ0) is 6.57. The second kappa shape index (κ2) is 3.87. The fourth-order valence-corrected chi connectivity index (χ4v) is 0.481. The predicted octanol–water partition coefficient (Wildman–Crippen LogP) is 1.44. The molecule has 0 aliphatic rings. The zero-order valence-electron chi connectivity index (χ0n) is 5.68. The number of methoxy groups -OCH3 is 1. The van der Waals surface area contributed by atoms with Crippen LogP contribution >= 0.6 is 0 Å². The van der Waals surface area contributed by atoms with Gasteiger partial charge in [-0.1, -0.05) is 13.8 Å². The molecule has 0 rings (SSSR count). The van der Waals surface area contributed by atoms with E-state index in [1.807, 2.05) is 13.8 Å². The molecule has 0 N–H and O–H groups in total. The molecule has 0 aliphatic heterocycles. The Morgan fingerprint density at radius 1 is 1.50 bits per heavy atom. The molecule has 8 heavy (non-hydrogen) atoms. The van der Waals surface area contributed by atoms with Crippen LogP contribution in [0.5, 0.6) is 0 Å². The predicted molar refractivity (Wildman–Crippen MR) is 30.9 cm³/mol. The normalized spacial score (nSPS) is 14.6. The second-order valence-electron chi connectivity index (χ2n) is 2.29. The van der Waals surface area contributed by atoms with Crippen LogP contribution in [-0.4, -0.2) is 13.4 Å². The van der Waals surface area contributed by atoms with Gasteiger partial charge in [-0.3, -0.25) is 0 Å². The Labute approximate surface area is 50.5 Å². The summed E-state index contributed by atoms with van der Waals surface area (Å²) in [6.45, 7) is 4.01. The van der Waals surface area contributed by atoms with Crippen molar-refractivity contribution in [2.24, 2.45) is 5.92 Å². The summed E-state index contributed by atoms with van der Waals surface area (Å²) in [6, 6.07) is 0. The monoisotopic (exact) mass is 117 g/mol. The molecular formula is C6H13O2. The van der Waals surface area contributed by atoms with Gasteiger partial charge in [0.05, 0.1) is 0 Å². The van der Waals surface area contributed by atoms with Crippen molar-refractivity contribution in [3.8, 4) is 0 Å². The molecular weight excluding hydrogens is 104 g/mol. The van der Waals surface area contributed by atoms with Gasteiger partial charge in [0.1, 0.15) is 0 Å². The van der Waals surface area contributed by atoms with Crippen molar-refractivity contribution < 1.29 is 9.84 Å². The van der Waals surface area contributed by atoms with Crippen molar-refractivity contribution in [2.75, 3.05) is 7.11 Å². The largest absolute Gasteiger partial charge is 0.353 e. The smallest absolute Gasteiger partial charge is 0.191 e. The Bertz CT molecular complexity index is 52.5. The van der Waals surface area contributed by atoms with Crippen LogP contribution in [0.15, 0.2) is 0 Å². The quantitative estimate of drug-likeness (QED) is 0.514. The second-order valence-corrected chi connectivity index (χ2v) is 2.29. The third-order valence-corrected chi connectivity index (χ3v) is 0.927. The van der Waals surface area contributed by atoms with Gasteiger partial charge in [-0.15, -0.1) is 0 Å². The maximum Gasteiger partial charge on any atom is 0.191 e. The highest BCUT2D eigenvalue weighted by Crippen LogP contribution is 2.03. The van der Waals surface area contributed by atoms with Crippen molar-refractivity contribution in [2.45, 2.75) is 26.6 Å². The van der Waals surface area contributed by atoms with E-state index in [1.165, 1.54) is 7.11 Å². The third kappa shape index (κ3) is 4.09. The summed E-state index contributed by atoms with van der Waals surface area (Å²) in [4.78, 5) is 0. The van der Waals surface area contributed by atoms with Crippen LogP contribution in [0.25, 0.3) is 0 Å². The van der Waals surface area contributed by atoms with E-state index >= 15 is 0 Å². The lowest BCUT2D eigenvalue weighted by Crippen LogP contribution is -2.09. The lowest BCUT2D eigenvalue weighted by molar-refractivity contribution is -0.128. The highest BCUT2D eigenvalue weighted by atomic mass is 16.6. The number of hydrogen-bond donors (Lipinski definition) is 0. The van der Waals surface area contributed by atoms with Crippen LogP contribution in [0, 0.1) is 5.92 Å². The van der Waals surface area contributed by atoms with Crippen LogP contribution in [0.4, 0.5) is 0 Å². The highest BCUT2D eigenvalue weighted by Gasteiger charge is 2.04. The summed E-state index contributed by atoms with van der Waals surface area (Å²) < 4.78 is 4.51. The van der Waals surface area contributed by atoms with Crippen LogP contribution < -0.4 is 0 Å². The lowest BCUT2D eigenvalue weighted by Gasteiger charge is -2.07. The van der Waals surface area contributed by atoms with Crippen LogP contribution in [0.2, 0.25) is 0 Å². The van der Waals surface area contributed by atoms with E-state index in [4.69, 9.17) is 0 Å². The summed E-state index contributed by atoms with van der Waals surface area (Å²) >= 11 is 0. The van der Waals surface area contributed by atoms with E-state index in [0.717, 1.165) is 0 Å². The molecule has 1 atom stereocenters. The first-order valence-corrected chi connectivity index (χ1v) is 2.85. The van der Waals surface area contributed by atoms with E-state index < -0.39 is 6.29 Å². The number of rotatable bonds is 3. The van der Waals surface area contributed by atoms with Crippen LogP contribution in [0.1, 0.15) is 20.3 Å². The Kier molecular flexibility index (Phi) is 3.83. The minimum Gasteiger partial charge on any atom is -0.353 e. The first-order valence-electron chi connectivity index (χ1n) is 2.85.